The molecule has 0 fully saturated rings. The number of hydrogen-bond acceptors (Lipinski definition) is 3. The molecule has 5 heteroatoms. The van der Waals surface area contributed by atoms with Gasteiger partial charge in [-0.3, -0.25) is 4.79 Å². The van der Waals surface area contributed by atoms with E-state index in [0.717, 1.165) is 35.5 Å². The van der Waals surface area contributed by atoms with Crippen LogP contribution in [-0.4, -0.2) is 19.1 Å². The zero-order valence-electron chi connectivity index (χ0n) is 13.1. The summed E-state index contributed by atoms with van der Waals surface area (Å²) in [5.74, 6) is 0.714. The molecule has 0 saturated heterocycles. The Bertz CT molecular complexity index is 703. The Labute approximate surface area is 142 Å². The van der Waals surface area contributed by atoms with E-state index in [1.807, 2.05) is 48.2 Å². The smallest absolute Gasteiger partial charge is 0.258 e. The van der Waals surface area contributed by atoms with Gasteiger partial charge in [0.05, 0.1) is 6.61 Å². The van der Waals surface area contributed by atoms with E-state index in [1.165, 1.54) is 0 Å². The van der Waals surface area contributed by atoms with Crippen LogP contribution in [0.1, 0.15) is 29.3 Å². The number of ether oxygens (including phenoxy) is 1. The largest absolute Gasteiger partial charge is 0.494 e. The van der Waals surface area contributed by atoms with E-state index in [9.17, 15) is 4.79 Å². The lowest BCUT2D eigenvalue weighted by molar-refractivity contribution is 0.0984. The fraction of sp³-hybridized carbons (Fsp3) is 0.278. The third-order valence-corrected chi connectivity index (χ3v) is 3.92. The molecule has 0 bridgehead atoms. The number of halogens is 1. The Balaban J connectivity index is 0.00000192. The second kappa shape index (κ2) is 7.38. The minimum absolute atomic E-state index is 0. The van der Waals surface area contributed by atoms with E-state index in [4.69, 9.17) is 10.5 Å². The lowest BCUT2D eigenvalue weighted by Crippen LogP contribution is -2.35. The molecule has 4 nitrogen and oxygen atoms in total. The number of fused-ring (bicyclic) bond motifs is 1. The van der Waals surface area contributed by atoms with Gasteiger partial charge >= 0.3 is 0 Å². The average molecular weight is 333 g/mol. The Hall–Kier alpha value is -2.20. The first kappa shape index (κ1) is 17.2. The Morgan fingerprint density at radius 1 is 1.26 bits per heavy atom. The van der Waals surface area contributed by atoms with E-state index in [-0.39, 0.29) is 18.3 Å². The number of nitrogens with zero attached hydrogens (tertiary/aromatic N) is 1. The third kappa shape index (κ3) is 3.42. The molecule has 122 valence electrons. The number of nitrogen functional groups attached to an aromatic ring is 1. The molecule has 23 heavy (non-hydrogen) atoms. The summed E-state index contributed by atoms with van der Waals surface area (Å²) in [5.41, 5.74) is 9.45. The van der Waals surface area contributed by atoms with Gasteiger partial charge in [0.15, 0.2) is 0 Å². The monoisotopic (exact) mass is 332 g/mol. The van der Waals surface area contributed by atoms with Crippen LogP contribution >= 0.6 is 12.4 Å². The summed E-state index contributed by atoms with van der Waals surface area (Å²) in [6.45, 7) is 3.23. The molecule has 2 N–H and O–H groups in total. The maximum Gasteiger partial charge on any atom is 0.258 e. The molecule has 1 amide bonds. The van der Waals surface area contributed by atoms with Gasteiger partial charge in [-0.15, -0.1) is 12.4 Å². The van der Waals surface area contributed by atoms with Crippen LogP contribution in [0.4, 0.5) is 11.4 Å². The molecule has 0 spiro atoms. The Morgan fingerprint density at radius 3 is 2.83 bits per heavy atom. The number of carbonyl (C=O) groups is 1. The summed E-state index contributed by atoms with van der Waals surface area (Å²) in [6.07, 6.45) is 1.85. The fourth-order valence-corrected chi connectivity index (χ4v) is 2.90. The summed E-state index contributed by atoms with van der Waals surface area (Å²) >= 11 is 0. The summed E-state index contributed by atoms with van der Waals surface area (Å²) in [6, 6.07) is 13.1. The minimum Gasteiger partial charge on any atom is -0.494 e. The highest BCUT2D eigenvalue weighted by molar-refractivity contribution is 6.07. The number of amides is 1. The maximum absolute atomic E-state index is 12.9. The topological polar surface area (TPSA) is 55.6 Å². The minimum atomic E-state index is -0.00639. The highest BCUT2D eigenvalue weighted by atomic mass is 35.5. The van der Waals surface area contributed by atoms with Gasteiger partial charge in [-0.2, -0.15) is 0 Å². The van der Waals surface area contributed by atoms with E-state index in [1.54, 1.807) is 6.07 Å². The third-order valence-electron chi connectivity index (χ3n) is 3.92. The van der Waals surface area contributed by atoms with Gasteiger partial charge in [0.2, 0.25) is 0 Å². The van der Waals surface area contributed by atoms with Crippen molar-refractivity contribution in [2.24, 2.45) is 0 Å². The predicted molar refractivity (Wildman–Crippen MR) is 95.7 cm³/mol. The van der Waals surface area contributed by atoms with Crippen molar-refractivity contribution in [2.75, 3.05) is 23.8 Å². The Morgan fingerprint density at radius 2 is 2.04 bits per heavy atom. The van der Waals surface area contributed by atoms with Crippen molar-refractivity contribution < 1.29 is 9.53 Å². The van der Waals surface area contributed by atoms with E-state index in [0.29, 0.717) is 18.7 Å². The number of anilines is 2. The van der Waals surface area contributed by atoms with Crippen molar-refractivity contribution in [3.63, 3.8) is 0 Å². The second-order valence-electron chi connectivity index (χ2n) is 5.37. The van der Waals surface area contributed by atoms with Crippen LogP contribution in [0.25, 0.3) is 0 Å². The highest BCUT2D eigenvalue weighted by Crippen LogP contribution is 2.32. The number of nitrogens with two attached hydrogens (primary N) is 1. The van der Waals surface area contributed by atoms with Crippen LogP contribution in [0.2, 0.25) is 0 Å². The van der Waals surface area contributed by atoms with Gasteiger partial charge in [0, 0.05) is 23.5 Å². The van der Waals surface area contributed by atoms with Gasteiger partial charge < -0.3 is 15.4 Å². The first-order valence-corrected chi connectivity index (χ1v) is 7.63. The number of rotatable bonds is 3. The van der Waals surface area contributed by atoms with Crippen molar-refractivity contribution in [1.82, 2.24) is 0 Å². The van der Waals surface area contributed by atoms with Crippen molar-refractivity contribution in [2.45, 2.75) is 19.8 Å². The van der Waals surface area contributed by atoms with Gasteiger partial charge in [-0.1, -0.05) is 12.1 Å². The maximum atomic E-state index is 12.9. The molecule has 2 aromatic carbocycles. The summed E-state index contributed by atoms with van der Waals surface area (Å²) in [7, 11) is 0. The van der Waals surface area contributed by atoms with Crippen molar-refractivity contribution >= 4 is 29.7 Å². The van der Waals surface area contributed by atoms with E-state index < -0.39 is 0 Å². The van der Waals surface area contributed by atoms with Crippen LogP contribution in [0.5, 0.6) is 5.75 Å². The molecule has 0 aromatic heterocycles. The van der Waals surface area contributed by atoms with E-state index >= 15 is 0 Å². The molecule has 2 aromatic rings. The number of carbonyl (C=O) groups excluding carboxylic acids is 1. The molecular weight excluding hydrogens is 312 g/mol. The van der Waals surface area contributed by atoms with Crippen molar-refractivity contribution in [3.8, 4) is 5.75 Å². The van der Waals surface area contributed by atoms with Gasteiger partial charge in [0.25, 0.3) is 5.91 Å². The van der Waals surface area contributed by atoms with Crippen molar-refractivity contribution in [1.29, 1.82) is 0 Å². The Kier molecular flexibility index (Phi) is 5.50. The second-order valence-corrected chi connectivity index (χ2v) is 5.37. The van der Waals surface area contributed by atoms with Gasteiger partial charge in [-0.05, 0) is 55.7 Å². The van der Waals surface area contributed by atoms with Crippen LogP contribution in [0, 0.1) is 0 Å². The molecule has 3 rings (SSSR count). The zero-order chi connectivity index (χ0) is 15.5. The number of hydrogen-bond donors (Lipinski definition) is 1. The lowest BCUT2D eigenvalue weighted by atomic mass is 9.99. The van der Waals surface area contributed by atoms with Crippen molar-refractivity contribution in [3.05, 3.63) is 53.6 Å². The predicted octanol–water partition coefficient (Wildman–Crippen LogP) is 3.68. The standard InChI is InChI=1S/C18H20N2O2.ClH/c1-2-22-14-7-3-6-13(12-14)18(21)20-11-5-8-15-16(19)9-4-10-17(15)20;/h3-4,6-7,9-10,12H,2,5,8,11,19H2,1H3;1H. The SMILES string of the molecule is CCOc1cccc(C(=O)N2CCCc3c(N)cccc32)c1.Cl. The summed E-state index contributed by atoms with van der Waals surface area (Å²) < 4.78 is 5.48. The quantitative estimate of drug-likeness (QED) is 0.872. The summed E-state index contributed by atoms with van der Waals surface area (Å²) in [4.78, 5) is 14.7. The molecule has 0 atom stereocenters. The normalized spacial score (nSPS) is 13.0. The first-order chi connectivity index (χ1) is 10.7. The lowest BCUT2D eigenvalue weighted by Gasteiger charge is -2.30. The fourth-order valence-electron chi connectivity index (χ4n) is 2.90. The van der Waals surface area contributed by atoms with Gasteiger partial charge in [-0.25, -0.2) is 0 Å². The zero-order valence-corrected chi connectivity index (χ0v) is 13.9. The van der Waals surface area contributed by atoms with Crippen LogP contribution in [0.3, 0.4) is 0 Å². The molecular formula is C18H21ClN2O2. The highest BCUT2D eigenvalue weighted by Gasteiger charge is 2.24. The number of benzene rings is 2. The average Bonchev–Trinajstić information content (AvgIpc) is 2.55. The molecule has 0 radical (unpaired) electrons. The van der Waals surface area contributed by atoms with Crippen LogP contribution in [-0.2, 0) is 6.42 Å². The molecule has 0 saturated carbocycles. The van der Waals surface area contributed by atoms with Crippen LogP contribution in [0.15, 0.2) is 42.5 Å². The molecule has 0 unspecified atom stereocenters. The first-order valence-electron chi connectivity index (χ1n) is 7.63. The van der Waals surface area contributed by atoms with Crippen LogP contribution < -0.4 is 15.4 Å². The van der Waals surface area contributed by atoms with Gasteiger partial charge in [0.1, 0.15) is 5.75 Å². The molecule has 1 aliphatic heterocycles. The molecule has 1 heterocycles. The molecule has 0 aliphatic carbocycles. The van der Waals surface area contributed by atoms with E-state index in [2.05, 4.69) is 0 Å². The summed E-state index contributed by atoms with van der Waals surface area (Å²) in [5, 5.41) is 0. The molecule has 1 aliphatic rings.